The second kappa shape index (κ2) is 8.15. The van der Waals surface area contributed by atoms with Crippen molar-refractivity contribution in [1.82, 2.24) is 0 Å². The molecule has 0 radical (unpaired) electrons. The molecule has 1 heterocycles. The van der Waals surface area contributed by atoms with Crippen molar-refractivity contribution in [2.75, 3.05) is 19.1 Å². The normalized spacial score (nSPS) is 18.6. The second-order valence-electron chi connectivity index (χ2n) is 7.41. The molecule has 1 atom stereocenters. The fourth-order valence-electron chi connectivity index (χ4n) is 4.34. The number of nitrogens with two attached hydrogens (primary N) is 1. The Hall–Kier alpha value is -3.79. The molecule has 1 aliphatic heterocycles. The van der Waals surface area contributed by atoms with Gasteiger partial charge in [0, 0.05) is 23.4 Å². The number of carbonyl (C=O) groups excluding carboxylic acids is 1. The fraction of sp³-hybridized carbons (Fsp3) is 0.250. The molecule has 0 fully saturated rings. The monoisotopic (exact) mass is 419 g/mol. The van der Waals surface area contributed by atoms with E-state index in [0.717, 1.165) is 11.3 Å². The molecule has 2 N–H and O–H groups in total. The molecule has 0 spiro atoms. The highest BCUT2D eigenvalue weighted by atomic mass is 19.1. The summed E-state index contributed by atoms with van der Waals surface area (Å²) < 4.78 is 24.2. The van der Waals surface area contributed by atoms with Crippen molar-refractivity contribution < 1.29 is 18.7 Å². The van der Waals surface area contributed by atoms with Crippen LogP contribution in [-0.4, -0.2) is 20.0 Å². The van der Waals surface area contributed by atoms with Gasteiger partial charge in [0.25, 0.3) is 0 Å². The van der Waals surface area contributed by atoms with Crippen molar-refractivity contribution in [3.8, 4) is 17.6 Å². The summed E-state index contributed by atoms with van der Waals surface area (Å²) in [7, 11) is 3.08. The lowest BCUT2D eigenvalue weighted by atomic mass is 9.75. The van der Waals surface area contributed by atoms with E-state index in [4.69, 9.17) is 15.2 Å². The fourth-order valence-corrected chi connectivity index (χ4v) is 4.34. The van der Waals surface area contributed by atoms with Crippen molar-refractivity contribution in [2.24, 2.45) is 5.73 Å². The topological polar surface area (TPSA) is 88.6 Å². The molecule has 2 aromatic carbocycles. The van der Waals surface area contributed by atoms with Gasteiger partial charge in [0.15, 0.2) is 17.3 Å². The van der Waals surface area contributed by atoms with E-state index in [1.807, 2.05) is 6.07 Å². The van der Waals surface area contributed by atoms with Crippen molar-refractivity contribution in [3.05, 3.63) is 76.5 Å². The van der Waals surface area contributed by atoms with Crippen LogP contribution in [0.1, 0.15) is 30.7 Å². The summed E-state index contributed by atoms with van der Waals surface area (Å²) in [5.41, 5.74) is 9.40. The maximum absolute atomic E-state index is 13.5. The minimum atomic E-state index is -0.607. The lowest BCUT2D eigenvalue weighted by Crippen LogP contribution is -2.38. The van der Waals surface area contributed by atoms with Gasteiger partial charge >= 0.3 is 0 Å². The molecule has 7 heteroatoms. The van der Waals surface area contributed by atoms with Crippen LogP contribution in [-0.2, 0) is 4.79 Å². The molecular formula is C24H22FN3O3. The van der Waals surface area contributed by atoms with Crippen LogP contribution in [0.4, 0.5) is 10.1 Å². The molecule has 0 saturated carbocycles. The summed E-state index contributed by atoms with van der Waals surface area (Å²) in [6.45, 7) is 0. The molecular weight excluding hydrogens is 397 g/mol. The highest BCUT2D eigenvalue weighted by molar-refractivity contribution is 6.01. The molecule has 0 saturated heterocycles. The molecule has 2 aliphatic rings. The van der Waals surface area contributed by atoms with Crippen LogP contribution >= 0.6 is 0 Å². The minimum Gasteiger partial charge on any atom is -0.493 e. The second-order valence-corrected chi connectivity index (χ2v) is 7.41. The number of nitrogens with zero attached hydrogens (tertiary/aromatic N) is 2. The van der Waals surface area contributed by atoms with E-state index in [0.29, 0.717) is 42.0 Å². The standard InChI is InChI=1S/C24H22FN3O3/c1-30-20-11-6-14(12-21(20)31-2)22-17(13-26)24(27)28(16-9-7-15(25)8-10-16)18-4-3-5-19(29)23(18)22/h6-12,22H,3-5,27H2,1-2H3. The summed E-state index contributed by atoms with van der Waals surface area (Å²) in [6, 6.07) is 13.4. The Labute approximate surface area is 180 Å². The highest BCUT2D eigenvalue weighted by Crippen LogP contribution is 2.47. The zero-order valence-corrected chi connectivity index (χ0v) is 17.3. The molecule has 4 rings (SSSR count). The van der Waals surface area contributed by atoms with Gasteiger partial charge in [-0.3, -0.25) is 9.69 Å². The van der Waals surface area contributed by atoms with E-state index < -0.39 is 5.92 Å². The molecule has 6 nitrogen and oxygen atoms in total. The number of Topliss-reactive ketones (excluding diaryl/α,β-unsaturated/α-hetero) is 1. The third kappa shape index (κ3) is 3.40. The predicted molar refractivity (Wildman–Crippen MR) is 114 cm³/mol. The van der Waals surface area contributed by atoms with Crippen LogP contribution in [0.3, 0.4) is 0 Å². The largest absolute Gasteiger partial charge is 0.493 e. The van der Waals surface area contributed by atoms with Crippen LogP contribution in [0.2, 0.25) is 0 Å². The molecule has 158 valence electrons. The SMILES string of the molecule is COc1ccc(C2C(C#N)=C(N)N(c3ccc(F)cc3)C3=C2C(=O)CCC3)cc1OC. The number of nitriles is 1. The van der Waals surface area contributed by atoms with Gasteiger partial charge in [-0.05, 0) is 54.8 Å². The minimum absolute atomic E-state index is 0.0200. The molecule has 1 unspecified atom stereocenters. The van der Waals surface area contributed by atoms with E-state index in [-0.39, 0.29) is 23.0 Å². The van der Waals surface area contributed by atoms with Gasteiger partial charge < -0.3 is 15.2 Å². The lowest BCUT2D eigenvalue weighted by molar-refractivity contribution is -0.116. The van der Waals surface area contributed by atoms with Crippen molar-refractivity contribution >= 4 is 11.5 Å². The molecule has 0 aromatic heterocycles. The first-order valence-electron chi connectivity index (χ1n) is 9.93. The molecule has 0 bridgehead atoms. The summed E-state index contributed by atoms with van der Waals surface area (Å²) in [5, 5.41) is 10.0. The van der Waals surface area contributed by atoms with Crippen LogP contribution in [0.5, 0.6) is 11.5 Å². The number of hydrogen-bond acceptors (Lipinski definition) is 6. The zero-order chi connectivity index (χ0) is 22.1. The van der Waals surface area contributed by atoms with Gasteiger partial charge in [0.2, 0.25) is 0 Å². The Morgan fingerprint density at radius 3 is 2.45 bits per heavy atom. The maximum atomic E-state index is 13.5. The average Bonchev–Trinajstić information content (AvgIpc) is 2.79. The van der Waals surface area contributed by atoms with Crippen LogP contribution in [0.25, 0.3) is 0 Å². The van der Waals surface area contributed by atoms with Gasteiger partial charge in [0.05, 0.1) is 31.8 Å². The smallest absolute Gasteiger partial charge is 0.161 e. The molecule has 2 aromatic rings. The first kappa shape index (κ1) is 20.5. The molecule has 0 amide bonds. The quantitative estimate of drug-likeness (QED) is 0.801. The first-order chi connectivity index (χ1) is 15.0. The van der Waals surface area contributed by atoms with E-state index in [1.54, 1.807) is 36.3 Å². The summed E-state index contributed by atoms with van der Waals surface area (Å²) >= 11 is 0. The van der Waals surface area contributed by atoms with Gasteiger partial charge in [-0.2, -0.15) is 5.26 Å². The van der Waals surface area contributed by atoms with E-state index in [2.05, 4.69) is 6.07 Å². The summed E-state index contributed by atoms with van der Waals surface area (Å²) in [5.74, 6) is 0.290. The van der Waals surface area contributed by atoms with Crippen LogP contribution < -0.4 is 20.1 Å². The van der Waals surface area contributed by atoms with Crippen LogP contribution in [0.15, 0.2) is 65.1 Å². The van der Waals surface area contributed by atoms with Crippen molar-refractivity contribution in [2.45, 2.75) is 25.2 Å². The lowest BCUT2D eigenvalue weighted by Gasteiger charge is -2.39. The predicted octanol–water partition coefficient (Wildman–Crippen LogP) is 4.15. The van der Waals surface area contributed by atoms with Crippen molar-refractivity contribution in [1.29, 1.82) is 5.26 Å². The Morgan fingerprint density at radius 1 is 1.10 bits per heavy atom. The number of halogens is 1. The van der Waals surface area contributed by atoms with Gasteiger partial charge in [-0.1, -0.05) is 6.07 Å². The highest BCUT2D eigenvalue weighted by Gasteiger charge is 2.40. The number of benzene rings is 2. The van der Waals surface area contributed by atoms with Crippen LogP contribution in [0, 0.1) is 17.1 Å². The first-order valence-corrected chi connectivity index (χ1v) is 9.93. The number of ether oxygens (including phenoxy) is 2. The zero-order valence-electron chi connectivity index (χ0n) is 17.3. The number of rotatable bonds is 4. The third-order valence-corrected chi connectivity index (χ3v) is 5.74. The number of hydrogen-bond donors (Lipinski definition) is 1. The van der Waals surface area contributed by atoms with Gasteiger partial charge in [-0.15, -0.1) is 0 Å². The molecule has 31 heavy (non-hydrogen) atoms. The van der Waals surface area contributed by atoms with Gasteiger partial charge in [-0.25, -0.2) is 4.39 Å². The van der Waals surface area contributed by atoms with E-state index in [9.17, 15) is 14.4 Å². The number of ketones is 1. The summed E-state index contributed by atoms with van der Waals surface area (Å²) in [4.78, 5) is 14.8. The van der Waals surface area contributed by atoms with Gasteiger partial charge in [0.1, 0.15) is 11.6 Å². The third-order valence-electron chi connectivity index (χ3n) is 5.74. The number of carbonyl (C=O) groups is 1. The Kier molecular flexibility index (Phi) is 5.38. The summed E-state index contributed by atoms with van der Waals surface area (Å²) in [6.07, 6.45) is 1.71. The number of anilines is 1. The molecule has 1 aliphatic carbocycles. The Morgan fingerprint density at radius 2 is 1.81 bits per heavy atom. The van der Waals surface area contributed by atoms with Crippen molar-refractivity contribution in [3.63, 3.8) is 0 Å². The van der Waals surface area contributed by atoms with E-state index in [1.165, 1.54) is 19.2 Å². The Balaban J connectivity index is 1.94. The Bertz CT molecular complexity index is 1150. The number of allylic oxidation sites excluding steroid dienone is 3. The number of methoxy groups -OCH3 is 2. The van der Waals surface area contributed by atoms with E-state index >= 15 is 0 Å². The average molecular weight is 419 g/mol. The maximum Gasteiger partial charge on any atom is 0.161 e.